The minimum atomic E-state index is 0.717. The number of benzene rings is 2. The fourth-order valence-electron chi connectivity index (χ4n) is 1.68. The molecule has 1 nitrogen and oxygen atoms in total. The number of carbonyl (C=O) groups is 1. The van der Waals surface area contributed by atoms with E-state index in [0.717, 1.165) is 28.0 Å². The molecule has 0 radical (unpaired) electrons. The Hall–Kier alpha value is -1.86. The molecule has 0 aliphatic rings. The van der Waals surface area contributed by atoms with E-state index in [9.17, 15) is 4.79 Å². The van der Waals surface area contributed by atoms with Crippen LogP contribution in [-0.2, 0) is 4.79 Å². The van der Waals surface area contributed by atoms with E-state index in [0.29, 0.717) is 0 Å². The van der Waals surface area contributed by atoms with Gasteiger partial charge in [0.05, 0.1) is 0 Å². The maximum Gasteiger partial charge on any atom is 0.142 e. The summed E-state index contributed by atoms with van der Waals surface area (Å²) in [5.74, 6) is 0. The van der Waals surface area contributed by atoms with Crippen molar-refractivity contribution in [2.75, 3.05) is 0 Å². The number of carbonyl (C=O) groups excluding carboxylic acids is 1. The number of allylic oxidation sites excluding steroid dienone is 1. The van der Waals surface area contributed by atoms with Crippen LogP contribution < -0.4 is 0 Å². The Labute approximate surface area is 105 Å². The molecule has 0 N–H and O–H groups in total. The summed E-state index contributed by atoms with van der Waals surface area (Å²) in [6, 6.07) is 15.6. The molecule has 0 saturated heterocycles. The van der Waals surface area contributed by atoms with Crippen LogP contribution >= 0.6 is 11.6 Å². The van der Waals surface area contributed by atoms with E-state index in [1.54, 1.807) is 6.08 Å². The molecule has 0 heterocycles. The van der Waals surface area contributed by atoms with Gasteiger partial charge in [-0.3, -0.25) is 4.79 Å². The summed E-state index contributed by atoms with van der Waals surface area (Å²) in [5.41, 5.74) is 3.18. The Morgan fingerprint density at radius 1 is 0.941 bits per heavy atom. The van der Waals surface area contributed by atoms with Crippen LogP contribution in [0.1, 0.15) is 5.56 Å². The molecule has 0 unspecified atom stereocenters. The maximum atomic E-state index is 10.4. The summed E-state index contributed by atoms with van der Waals surface area (Å²) in [7, 11) is 0. The summed E-state index contributed by atoms with van der Waals surface area (Å²) in [4.78, 5) is 10.4. The number of halogens is 1. The van der Waals surface area contributed by atoms with Gasteiger partial charge >= 0.3 is 0 Å². The van der Waals surface area contributed by atoms with E-state index in [1.165, 1.54) is 6.08 Å². The molecular formula is C15H11ClO. The third-order valence-corrected chi connectivity index (χ3v) is 2.72. The molecule has 2 aromatic carbocycles. The second-order valence-electron chi connectivity index (χ2n) is 3.59. The lowest BCUT2D eigenvalue weighted by Crippen LogP contribution is -1.82. The molecule has 2 rings (SSSR count). The highest BCUT2D eigenvalue weighted by molar-refractivity contribution is 6.30. The zero-order valence-electron chi connectivity index (χ0n) is 9.14. The Morgan fingerprint density at radius 2 is 1.65 bits per heavy atom. The molecule has 0 amide bonds. The smallest absolute Gasteiger partial charge is 0.142 e. The van der Waals surface area contributed by atoms with Crippen molar-refractivity contribution in [3.63, 3.8) is 0 Å². The third kappa shape index (κ3) is 2.83. The molecule has 0 aromatic heterocycles. The molecule has 0 aliphatic heterocycles. The largest absolute Gasteiger partial charge is 0.299 e. The first-order valence-electron chi connectivity index (χ1n) is 5.28. The van der Waals surface area contributed by atoms with Crippen LogP contribution in [0.15, 0.2) is 54.6 Å². The van der Waals surface area contributed by atoms with Gasteiger partial charge in [0.25, 0.3) is 0 Å². The Balaban J connectivity index is 2.47. The predicted octanol–water partition coefficient (Wildman–Crippen LogP) is 4.22. The van der Waals surface area contributed by atoms with E-state index >= 15 is 0 Å². The molecule has 2 heteroatoms. The first kappa shape index (κ1) is 11.6. The maximum absolute atomic E-state index is 10.4. The molecule has 0 aliphatic carbocycles. The van der Waals surface area contributed by atoms with Crippen LogP contribution in [0.25, 0.3) is 17.2 Å². The Kier molecular flexibility index (Phi) is 3.73. The van der Waals surface area contributed by atoms with E-state index in [1.807, 2.05) is 48.5 Å². The van der Waals surface area contributed by atoms with Crippen LogP contribution in [0.2, 0.25) is 5.02 Å². The van der Waals surface area contributed by atoms with E-state index in [2.05, 4.69) is 0 Å². The van der Waals surface area contributed by atoms with Gasteiger partial charge < -0.3 is 0 Å². The molecule has 0 saturated carbocycles. The lowest BCUT2D eigenvalue weighted by molar-refractivity contribution is -0.104. The monoisotopic (exact) mass is 242 g/mol. The van der Waals surface area contributed by atoms with E-state index in [-0.39, 0.29) is 0 Å². The second-order valence-corrected chi connectivity index (χ2v) is 4.03. The van der Waals surface area contributed by atoms with Gasteiger partial charge in [0.2, 0.25) is 0 Å². The van der Waals surface area contributed by atoms with E-state index < -0.39 is 0 Å². The summed E-state index contributed by atoms with van der Waals surface area (Å²) < 4.78 is 0. The summed E-state index contributed by atoms with van der Waals surface area (Å²) in [6.07, 6.45) is 4.07. The SMILES string of the molecule is O=C/C=C/c1ccccc1-c1ccc(Cl)cc1. The highest BCUT2D eigenvalue weighted by Crippen LogP contribution is 2.25. The highest BCUT2D eigenvalue weighted by atomic mass is 35.5. The average Bonchev–Trinajstić information content (AvgIpc) is 2.38. The van der Waals surface area contributed by atoms with Gasteiger partial charge in [-0.15, -0.1) is 0 Å². The zero-order chi connectivity index (χ0) is 12.1. The first-order chi connectivity index (χ1) is 8.31. The molecule has 0 bridgehead atoms. The van der Waals surface area contributed by atoms with E-state index in [4.69, 9.17) is 11.6 Å². The molecular weight excluding hydrogens is 232 g/mol. The van der Waals surface area contributed by atoms with Crippen molar-refractivity contribution >= 4 is 24.0 Å². The standard InChI is InChI=1S/C15H11ClO/c16-14-9-7-13(8-10-14)15-6-2-1-4-12(15)5-3-11-17/h1-11H/b5-3+. The predicted molar refractivity (Wildman–Crippen MR) is 72.0 cm³/mol. The number of hydrogen-bond donors (Lipinski definition) is 0. The fourth-order valence-corrected chi connectivity index (χ4v) is 1.80. The Bertz CT molecular complexity index is 541. The zero-order valence-corrected chi connectivity index (χ0v) is 9.89. The topological polar surface area (TPSA) is 17.1 Å². The number of rotatable bonds is 3. The van der Waals surface area contributed by atoms with Crippen LogP contribution in [-0.4, -0.2) is 6.29 Å². The normalized spacial score (nSPS) is 10.6. The van der Waals surface area contributed by atoms with Crippen molar-refractivity contribution in [3.05, 3.63) is 65.2 Å². The number of hydrogen-bond acceptors (Lipinski definition) is 1. The van der Waals surface area contributed by atoms with Gasteiger partial charge in [0.15, 0.2) is 0 Å². The molecule has 0 spiro atoms. The third-order valence-electron chi connectivity index (χ3n) is 2.47. The van der Waals surface area contributed by atoms with Gasteiger partial charge in [0, 0.05) is 5.02 Å². The van der Waals surface area contributed by atoms with Crippen LogP contribution in [0.4, 0.5) is 0 Å². The molecule has 17 heavy (non-hydrogen) atoms. The summed E-state index contributed by atoms with van der Waals surface area (Å²) in [6.45, 7) is 0. The van der Waals surface area contributed by atoms with Crippen LogP contribution in [0, 0.1) is 0 Å². The summed E-state index contributed by atoms with van der Waals surface area (Å²) >= 11 is 5.86. The Morgan fingerprint density at radius 3 is 2.35 bits per heavy atom. The lowest BCUT2D eigenvalue weighted by Gasteiger charge is -2.06. The van der Waals surface area contributed by atoms with Crippen molar-refractivity contribution < 1.29 is 4.79 Å². The van der Waals surface area contributed by atoms with Gasteiger partial charge in [-0.1, -0.05) is 54.1 Å². The van der Waals surface area contributed by atoms with Crippen molar-refractivity contribution in [2.24, 2.45) is 0 Å². The fraction of sp³-hybridized carbons (Fsp3) is 0. The molecule has 84 valence electrons. The van der Waals surface area contributed by atoms with Crippen LogP contribution in [0.3, 0.4) is 0 Å². The van der Waals surface area contributed by atoms with Gasteiger partial charge in [-0.05, 0) is 34.9 Å². The minimum absolute atomic E-state index is 0.717. The molecule has 0 atom stereocenters. The van der Waals surface area contributed by atoms with Gasteiger partial charge in [-0.25, -0.2) is 0 Å². The van der Waals surface area contributed by atoms with Crippen molar-refractivity contribution in [1.82, 2.24) is 0 Å². The van der Waals surface area contributed by atoms with Crippen molar-refractivity contribution in [2.45, 2.75) is 0 Å². The average molecular weight is 243 g/mol. The molecule has 2 aromatic rings. The first-order valence-corrected chi connectivity index (χ1v) is 5.66. The van der Waals surface area contributed by atoms with Crippen LogP contribution in [0.5, 0.6) is 0 Å². The highest BCUT2D eigenvalue weighted by Gasteiger charge is 2.01. The number of aldehydes is 1. The minimum Gasteiger partial charge on any atom is -0.299 e. The lowest BCUT2D eigenvalue weighted by atomic mass is 9.99. The van der Waals surface area contributed by atoms with Gasteiger partial charge in [0.1, 0.15) is 6.29 Å². The van der Waals surface area contributed by atoms with Gasteiger partial charge in [-0.2, -0.15) is 0 Å². The quantitative estimate of drug-likeness (QED) is 0.582. The van der Waals surface area contributed by atoms with Crippen molar-refractivity contribution in [1.29, 1.82) is 0 Å². The molecule has 0 fully saturated rings. The second kappa shape index (κ2) is 5.46. The van der Waals surface area contributed by atoms with Crippen molar-refractivity contribution in [3.8, 4) is 11.1 Å². The summed E-state index contributed by atoms with van der Waals surface area (Å²) in [5, 5.41) is 0.717.